The Morgan fingerprint density at radius 2 is 1.75 bits per heavy atom. The van der Waals surface area contributed by atoms with Crippen molar-refractivity contribution in [3.8, 4) is 0 Å². The summed E-state index contributed by atoms with van der Waals surface area (Å²) >= 11 is 1.71. The molecular formula is C15H21NO3S. The second-order valence-corrected chi connectivity index (χ2v) is 5.54. The molecule has 0 heterocycles. The molecule has 0 aliphatic carbocycles. The van der Waals surface area contributed by atoms with Crippen LogP contribution in [0.15, 0.2) is 24.3 Å². The summed E-state index contributed by atoms with van der Waals surface area (Å²) in [7, 11) is 0. The molecule has 0 unspecified atom stereocenters. The second kappa shape index (κ2) is 7.33. The maximum atomic E-state index is 12.2. The number of nitrogens with one attached hydrogen (secondary N) is 1. The van der Waals surface area contributed by atoms with Crippen LogP contribution in [-0.2, 0) is 10.5 Å². The first-order chi connectivity index (χ1) is 9.49. The number of carbonyl (C=O) groups is 2. The Morgan fingerprint density at radius 1 is 1.20 bits per heavy atom. The molecule has 0 saturated carbocycles. The molecule has 0 aliphatic rings. The van der Waals surface area contributed by atoms with Gasteiger partial charge in [0.2, 0.25) is 0 Å². The van der Waals surface area contributed by atoms with Gasteiger partial charge >= 0.3 is 5.97 Å². The number of benzene rings is 1. The van der Waals surface area contributed by atoms with Crippen LogP contribution in [-0.4, -0.2) is 28.8 Å². The Kier molecular flexibility index (Phi) is 6.07. The Bertz CT molecular complexity index is 467. The van der Waals surface area contributed by atoms with E-state index in [-0.39, 0.29) is 5.91 Å². The van der Waals surface area contributed by atoms with Gasteiger partial charge in [-0.2, -0.15) is 11.8 Å². The molecule has 110 valence electrons. The molecular weight excluding hydrogens is 274 g/mol. The third kappa shape index (κ3) is 3.76. The average molecular weight is 295 g/mol. The summed E-state index contributed by atoms with van der Waals surface area (Å²) < 4.78 is 0. The van der Waals surface area contributed by atoms with E-state index < -0.39 is 11.5 Å². The highest BCUT2D eigenvalue weighted by Gasteiger charge is 2.36. The summed E-state index contributed by atoms with van der Waals surface area (Å²) in [5, 5.41) is 12.0. The number of amides is 1. The van der Waals surface area contributed by atoms with Crippen LogP contribution in [0.1, 0.15) is 42.6 Å². The largest absolute Gasteiger partial charge is 0.480 e. The highest BCUT2D eigenvalue weighted by Crippen LogP contribution is 2.17. The van der Waals surface area contributed by atoms with Crippen LogP contribution in [0, 0.1) is 0 Å². The van der Waals surface area contributed by atoms with Crippen molar-refractivity contribution in [2.45, 2.75) is 38.0 Å². The van der Waals surface area contributed by atoms with Crippen molar-refractivity contribution in [3.63, 3.8) is 0 Å². The molecule has 0 spiro atoms. The van der Waals surface area contributed by atoms with Gasteiger partial charge in [-0.15, -0.1) is 0 Å². The molecule has 1 aromatic rings. The van der Waals surface area contributed by atoms with Crippen molar-refractivity contribution in [1.82, 2.24) is 5.32 Å². The first-order valence-electron chi connectivity index (χ1n) is 6.63. The van der Waals surface area contributed by atoms with E-state index in [2.05, 4.69) is 5.32 Å². The Labute approximate surface area is 124 Å². The predicted octanol–water partition coefficient (Wildman–Crippen LogP) is 2.92. The first-order valence-corrected chi connectivity index (χ1v) is 8.02. The lowest BCUT2D eigenvalue weighted by Gasteiger charge is -2.28. The monoisotopic (exact) mass is 295 g/mol. The van der Waals surface area contributed by atoms with Crippen LogP contribution in [0.25, 0.3) is 0 Å². The van der Waals surface area contributed by atoms with Gasteiger partial charge in [0, 0.05) is 11.3 Å². The Balaban J connectivity index is 2.86. The molecule has 0 atom stereocenters. The van der Waals surface area contributed by atoms with Crippen LogP contribution in [0.4, 0.5) is 0 Å². The number of carbonyl (C=O) groups excluding carboxylic acids is 1. The second-order valence-electron chi connectivity index (χ2n) is 4.68. The quantitative estimate of drug-likeness (QED) is 0.811. The minimum Gasteiger partial charge on any atom is -0.480 e. The number of aliphatic carboxylic acids is 1. The number of hydrogen-bond donors (Lipinski definition) is 2. The van der Waals surface area contributed by atoms with Gasteiger partial charge in [0.25, 0.3) is 5.91 Å². The molecule has 0 fully saturated rings. The van der Waals surface area contributed by atoms with Gasteiger partial charge in [0.05, 0.1) is 0 Å². The van der Waals surface area contributed by atoms with Gasteiger partial charge in [-0.1, -0.05) is 26.0 Å². The van der Waals surface area contributed by atoms with Crippen LogP contribution in [0.3, 0.4) is 0 Å². The van der Waals surface area contributed by atoms with E-state index in [1.807, 2.05) is 18.4 Å². The van der Waals surface area contributed by atoms with Gasteiger partial charge in [-0.05, 0) is 36.8 Å². The standard InChI is InChI=1S/C15H21NO3S/c1-4-15(5-2,14(18)19)16-13(17)12-8-6-11(7-9-12)10-20-3/h6-9H,4-5,10H2,1-3H3,(H,16,17)(H,18,19). The fourth-order valence-corrected chi connectivity index (χ4v) is 2.52. The minimum absolute atomic E-state index is 0.341. The molecule has 0 aliphatic heterocycles. The summed E-state index contributed by atoms with van der Waals surface area (Å²) in [4.78, 5) is 23.5. The lowest BCUT2D eigenvalue weighted by Crippen LogP contribution is -2.53. The third-order valence-electron chi connectivity index (χ3n) is 3.50. The molecule has 0 aromatic heterocycles. The van der Waals surface area contributed by atoms with Gasteiger partial charge in [0.15, 0.2) is 0 Å². The van der Waals surface area contributed by atoms with E-state index >= 15 is 0 Å². The van der Waals surface area contributed by atoms with Crippen LogP contribution < -0.4 is 5.32 Å². The summed E-state index contributed by atoms with van der Waals surface area (Å²) in [5.41, 5.74) is 0.446. The van der Waals surface area contributed by atoms with E-state index in [0.29, 0.717) is 18.4 Å². The fraction of sp³-hybridized carbons (Fsp3) is 0.467. The maximum Gasteiger partial charge on any atom is 0.329 e. The van der Waals surface area contributed by atoms with Crippen molar-refractivity contribution >= 4 is 23.6 Å². The van der Waals surface area contributed by atoms with Gasteiger partial charge in [-0.25, -0.2) is 4.79 Å². The van der Waals surface area contributed by atoms with E-state index in [4.69, 9.17) is 0 Å². The maximum absolute atomic E-state index is 12.2. The number of rotatable bonds is 7. The molecule has 1 aromatic carbocycles. The summed E-state index contributed by atoms with van der Waals surface area (Å²) in [6.45, 7) is 3.53. The molecule has 5 heteroatoms. The van der Waals surface area contributed by atoms with E-state index in [1.165, 1.54) is 0 Å². The van der Waals surface area contributed by atoms with Crippen LogP contribution in [0.5, 0.6) is 0 Å². The minimum atomic E-state index is -1.19. The molecule has 2 N–H and O–H groups in total. The zero-order chi connectivity index (χ0) is 15.2. The number of thioether (sulfide) groups is 1. The molecule has 1 amide bonds. The van der Waals surface area contributed by atoms with Gasteiger partial charge < -0.3 is 10.4 Å². The SMILES string of the molecule is CCC(CC)(NC(=O)c1ccc(CSC)cc1)C(=O)O. The molecule has 4 nitrogen and oxygen atoms in total. The van der Waals surface area contributed by atoms with Gasteiger partial charge in [0.1, 0.15) is 5.54 Å². The Morgan fingerprint density at radius 3 is 2.15 bits per heavy atom. The molecule has 1 rings (SSSR count). The average Bonchev–Trinajstić information content (AvgIpc) is 2.45. The predicted molar refractivity (Wildman–Crippen MR) is 82.1 cm³/mol. The topological polar surface area (TPSA) is 66.4 Å². The summed E-state index contributed by atoms with van der Waals surface area (Å²) in [6, 6.07) is 7.26. The van der Waals surface area contributed by atoms with E-state index in [9.17, 15) is 14.7 Å². The number of carboxylic acids is 1. The van der Waals surface area contributed by atoms with Crippen molar-refractivity contribution in [2.75, 3.05) is 6.26 Å². The summed E-state index contributed by atoms with van der Waals surface area (Å²) in [6.07, 6.45) is 2.73. The van der Waals surface area contributed by atoms with E-state index in [0.717, 1.165) is 11.3 Å². The van der Waals surface area contributed by atoms with Crippen LogP contribution in [0.2, 0.25) is 0 Å². The lowest BCUT2D eigenvalue weighted by molar-refractivity contribution is -0.144. The molecule has 0 bridgehead atoms. The van der Waals surface area contributed by atoms with E-state index in [1.54, 1.807) is 37.7 Å². The summed E-state index contributed by atoms with van der Waals surface area (Å²) in [5.74, 6) is -0.438. The number of hydrogen-bond acceptors (Lipinski definition) is 3. The van der Waals surface area contributed by atoms with Crippen LogP contribution >= 0.6 is 11.8 Å². The third-order valence-corrected chi connectivity index (χ3v) is 4.12. The number of carboxylic acid groups (broad SMARTS) is 1. The zero-order valence-corrected chi connectivity index (χ0v) is 12.9. The molecule has 0 radical (unpaired) electrons. The van der Waals surface area contributed by atoms with Crippen molar-refractivity contribution in [2.24, 2.45) is 0 Å². The first kappa shape index (κ1) is 16.6. The zero-order valence-electron chi connectivity index (χ0n) is 12.1. The normalized spacial score (nSPS) is 11.2. The molecule has 20 heavy (non-hydrogen) atoms. The van der Waals surface area contributed by atoms with Gasteiger partial charge in [-0.3, -0.25) is 4.79 Å². The highest BCUT2D eigenvalue weighted by molar-refractivity contribution is 7.97. The Hall–Kier alpha value is -1.49. The van der Waals surface area contributed by atoms with Crippen molar-refractivity contribution in [3.05, 3.63) is 35.4 Å². The smallest absolute Gasteiger partial charge is 0.329 e. The highest BCUT2D eigenvalue weighted by atomic mass is 32.2. The van der Waals surface area contributed by atoms with Crippen molar-refractivity contribution < 1.29 is 14.7 Å². The van der Waals surface area contributed by atoms with Crippen molar-refractivity contribution in [1.29, 1.82) is 0 Å². The fourth-order valence-electron chi connectivity index (χ4n) is 1.99. The lowest BCUT2D eigenvalue weighted by atomic mass is 9.92. The molecule has 0 saturated heterocycles.